The molecule has 0 aliphatic carbocycles. The Morgan fingerprint density at radius 2 is 2.14 bits per heavy atom. The van der Waals surface area contributed by atoms with Gasteiger partial charge >= 0.3 is 0 Å². The molecule has 0 bridgehead atoms. The van der Waals surface area contributed by atoms with Crippen LogP contribution in [0.5, 0.6) is 5.88 Å². The number of hydrogen-bond donors (Lipinski definition) is 1. The molecular formula is C16H31ClN4O. The van der Waals surface area contributed by atoms with Crippen molar-refractivity contribution in [3.63, 3.8) is 0 Å². The van der Waals surface area contributed by atoms with E-state index >= 15 is 0 Å². The van der Waals surface area contributed by atoms with Crippen LogP contribution in [0.15, 0.2) is 0 Å². The average Bonchev–Trinajstić information content (AvgIpc) is 2.67. The first-order valence-electron chi connectivity index (χ1n) is 8.16. The minimum atomic E-state index is 0. The summed E-state index contributed by atoms with van der Waals surface area (Å²) in [4.78, 5) is 2.49. The Morgan fingerprint density at radius 3 is 2.73 bits per heavy atom. The maximum Gasteiger partial charge on any atom is 0.216 e. The largest absolute Gasteiger partial charge is 0.478 e. The fraction of sp³-hybridized carbons (Fsp3) is 0.812. The molecule has 6 heteroatoms. The van der Waals surface area contributed by atoms with Crippen LogP contribution in [0.3, 0.4) is 0 Å². The van der Waals surface area contributed by atoms with E-state index in [4.69, 9.17) is 9.84 Å². The number of halogens is 1. The zero-order valence-electron chi connectivity index (χ0n) is 14.6. The monoisotopic (exact) mass is 330 g/mol. The fourth-order valence-corrected chi connectivity index (χ4v) is 2.93. The quantitative estimate of drug-likeness (QED) is 0.870. The van der Waals surface area contributed by atoms with Crippen LogP contribution in [0.2, 0.25) is 0 Å². The van der Waals surface area contributed by atoms with Crippen molar-refractivity contribution in [2.45, 2.75) is 53.8 Å². The van der Waals surface area contributed by atoms with Crippen LogP contribution in [-0.4, -0.2) is 47.0 Å². The first kappa shape index (κ1) is 19.3. The van der Waals surface area contributed by atoms with E-state index in [-0.39, 0.29) is 12.4 Å². The standard InChI is InChI=1S/C16H30N4O.ClH/c1-6-21-16-15(11-19-8-7-17-13(4)10-19)14(5)18-20(16)9-12(2)3;/h12-13,17H,6-11H2,1-5H3;1H/t13-;/m1./s1. The van der Waals surface area contributed by atoms with E-state index in [9.17, 15) is 0 Å². The van der Waals surface area contributed by atoms with Crippen molar-refractivity contribution in [3.05, 3.63) is 11.3 Å². The lowest BCUT2D eigenvalue weighted by Gasteiger charge is -2.31. The fourth-order valence-electron chi connectivity index (χ4n) is 2.93. The van der Waals surface area contributed by atoms with Gasteiger partial charge in [0, 0.05) is 38.8 Å². The highest BCUT2D eigenvalue weighted by molar-refractivity contribution is 5.85. The van der Waals surface area contributed by atoms with Crippen LogP contribution in [0, 0.1) is 12.8 Å². The minimum Gasteiger partial charge on any atom is -0.478 e. The molecule has 1 aliphatic rings. The first-order valence-corrected chi connectivity index (χ1v) is 8.16. The Labute approximate surface area is 140 Å². The molecule has 1 aromatic rings. The molecule has 1 aliphatic heterocycles. The van der Waals surface area contributed by atoms with Crippen LogP contribution in [0.1, 0.15) is 39.0 Å². The number of hydrogen-bond acceptors (Lipinski definition) is 4. The zero-order valence-corrected chi connectivity index (χ0v) is 15.4. The Balaban J connectivity index is 0.00000242. The number of rotatable bonds is 6. The van der Waals surface area contributed by atoms with Gasteiger partial charge in [0.25, 0.3) is 0 Å². The van der Waals surface area contributed by atoms with E-state index in [0.29, 0.717) is 18.6 Å². The smallest absolute Gasteiger partial charge is 0.216 e. The van der Waals surface area contributed by atoms with Crippen molar-refractivity contribution in [3.8, 4) is 5.88 Å². The summed E-state index contributed by atoms with van der Waals surface area (Å²) >= 11 is 0. The van der Waals surface area contributed by atoms with Crippen molar-refractivity contribution in [2.24, 2.45) is 5.92 Å². The highest BCUT2D eigenvalue weighted by Crippen LogP contribution is 2.25. The van der Waals surface area contributed by atoms with Gasteiger partial charge in [-0.15, -0.1) is 12.4 Å². The van der Waals surface area contributed by atoms with Crippen LogP contribution < -0.4 is 10.1 Å². The number of ether oxygens (including phenoxy) is 1. The summed E-state index contributed by atoms with van der Waals surface area (Å²) < 4.78 is 7.96. The lowest BCUT2D eigenvalue weighted by atomic mass is 10.2. The number of nitrogens with one attached hydrogen (secondary N) is 1. The summed E-state index contributed by atoms with van der Waals surface area (Å²) in [6, 6.07) is 0.556. The molecule has 0 saturated carbocycles. The molecule has 0 aromatic carbocycles. The second-order valence-corrected chi connectivity index (χ2v) is 6.47. The minimum absolute atomic E-state index is 0. The van der Waals surface area contributed by atoms with Gasteiger partial charge < -0.3 is 10.1 Å². The average molecular weight is 331 g/mol. The summed E-state index contributed by atoms with van der Waals surface area (Å²) in [5.74, 6) is 1.53. The third-order valence-electron chi connectivity index (χ3n) is 3.85. The van der Waals surface area contributed by atoms with E-state index in [1.54, 1.807) is 0 Å². The molecule has 2 rings (SSSR count). The van der Waals surface area contributed by atoms with Crippen LogP contribution >= 0.6 is 12.4 Å². The molecule has 0 radical (unpaired) electrons. The van der Waals surface area contributed by atoms with Gasteiger partial charge in [-0.25, -0.2) is 4.68 Å². The normalized spacial score (nSPS) is 19.3. The number of piperazine rings is 1. The van der Waals surface area contributed by atoms with E-state index in [0.717, 1.165) is 44.3 Å². The molecular weight excluding hydrogens is 300 g/mol. The molecule has 0 spiro atoms. The molecule has 5 nitrogen and oxygen atoms in total. The van der Waals surface area contributed by atoms with E-state index in [1.165, 1.54) is 5.56 Å². The molecule has 22 heavy (non-hydrogen) atoms. The summed E-state index contributed by atoms with van der Waals surface area (Å²) in [6.07, 6.45) is 0. The lowest BCUT2D eigenvalue weighted by molar-refractivity contribution is 0.195. The van der Waals surface area contributed by atoms with Gasteiger partial charge in [-0.05, 0) is 26.7 Å². The van der Waals surface area contributed by atoms with Gasteiger partial charge in [0.2, 0.25) is 5.88 Å². The third-order valence-corrected chi connectivity index (χ3v) is 3.85. The van der Waals surface area contributed by atoms with Crippen molar-refractivity contribution in [2.75, 3.05) is 26.2 Å². The second kappa shape index (κ2) is 8.75. The van der Waals surface area contributed by atoms with Crippen LogP contribution in [0.25, 0.3) is 0 Å². The van der Waals surface area contributed by atoms with Crippen molar-refractivity contribution < 1.29 is 4.74 Å². The summed E-state index contributed by atoms with van der Waals surface area (Å²) in [7, 11) is 0. The van der Waals surface area contributed by atoms with Crippen LogP contribution in [-0.2, 0) is 13.1 Å². The van der Waals surface area contributed by atoms with Crippen molar-refractivity contribution in [1.82, 2.24) is 20.0 Å². The third kappa shape index (κ3) is 4.86. The Hall–Kier alpha value is -0.780. The number of aryl methyl sites for hydroxylation is 1. The van der Waals surface area contributed by atoms with E-state index in [2.05, 4.69) is 37.9 Å². The van der Waals surface area contributed by atoms with Gasteiger partial charge in [0.05, 0.1) is 17.9 Å². The topological polar surface area (TPSA) is 42.3 Å². The summed E-state index contributed by atoms with van der Waals surface area (Å²) in [5.41, 5.74) is 2.36. The summed E-state index contributed by atoms with van der Waals surface area (Å²) in [6.45, 7) is 16.6. The molecule has 2 heterocycles. The summed E-state index contributed by atoms with van der Waals surface area (Å²) in [5, 5.41) is 8.19. The molecule has 0 amide bonds. The molecule has 1 N–H and O–H groups in total. The SMILES string of the molecule is CCOc1c(CN2CCN[C@H](C)C2)c(C)nn1CC(C)C.Cl. The van der Waals surface area contributed by atoms with Crippen molar-refractivity contribution in [1.29, 1.82) is 0 Å². The van der Waals surface area contributed by atoms with Gasteiger partial charge in [0.1, 0.15) is 0 Å². The molecule has 1 fully saturated rings. The predicted octanol–water partition coefficient (Wildman–Crippen LogP) is 2.46. The molecule has 128 valence electrons. The predicted molar refractivity (Wildman–Crippen MR) is 93.0 cm³/mol. The molecule has 1 aromatic heterocycles. The Kier molecular flexibility index (Phi) is 7.66. The van der Waals surface area contributed by atoms with Gasteiger partial charge in [-0.2, -0.15) is 5.10 Å². The maximum absolute atomic E-state index is 5.92. The molecule has 1 atom stereocenters. The first-order chi connectivity index (χ1) is 10.0. The highest BCUT2D eigenvalue weighted by Gasteiger charge is 2.22. The highest BCUT2D eigenvalue weighted by atomic mass is 35.5. The van der Waals surface area contributed by atoms with Crippen LogP contribution in [0.4, 0.5) is 0 Å². The Morgan fingerprint density at radius 1 is 1.41 bits per heavy atom. The second-order valence-electron chi connectivity index (χ2n) is 6.47. The number of aromatic nitrogens is 2. The van der Waals surface area contributed by atoms with Crippen molar-refractivity contribution >= 4 is 12.4 Å². The van der Waals surface area contributed by atoms with Gasteiger partial charge in [-0.3, -0.25) is 4.90 Å². The van der Waals surface area contributed by atoms with E-state index in [1.807, 2.05) is 11.6 Å². The number of nitrogens with zero attached hydrogens (tertiary/aromatic N) is 3. The lowest BCUT2D eigenvalue weighted by Crippen LogP contribution is -2.48. The zero-order chi connectivity index (χ0) is 15.4. The molecule has 0 unspecified atom stereocenters. The molecule has 1 saturated heterocycles. The van der Waals surface area contributed by atoms with Gasteiger partial charge in [0.15, 0.2) is 0 Å². The maximum atomic E-state index is 5.92. The van der Waals surface area contributed by atoms with E-state index < -0.39 is 0 Å². The Bertz CT molecular complexity index is 461. The van der Waals surface area contributed by atoms with Gasteiger partial charge in [-0.1, -0.05) is 13.8 Å².